The second kappa shape index (κ2) is 7.80. The van der Waals surface area contributed by atoms with Gasteiger partial charge in [0.1, 0.15) is 17.7 Å². The summed E-state index contributed by atoms with van der Waals surface area (Å²) in [5.74, 6) is 3.21. The summed E-state index contributed by atoms with van der Waals surface area (Å²) in [5.41, 5.74) is 9.99. The first-order valence-electron chi connectivity index (χ1n) is 9.66. The molecule has 0 saturated carbocycles. The van der Waals surface area contributed by atoms with Gasteiger partial charge in [-0.15, -0.1) is 0 Å². The van der Waals surface area contributed by atoms with Crippen molar-refractivity contribution < 1.29 is 17.7 Å². The summed E-state index contributed by atoms with van der Waals surface area (Å²) in [7, 11) is -2.08. The van der Waals surface area contributed by atoms with Crippen LogP contribution in [0.4, 0.5) is 8.78 Å². The Labute approximate surface area is 170 Å². The molecule has 0 bridgehead atoms. The van der Waals surface area contributed by atoms with Gasteiger partial charge in [-0.2, -0.15) is 0 Å². The Morgan fingerprint density at radius 2 is 1.97 bits per heavy atom. The molecule has 4 rings (SSSR count). The highest BCUT2D eigenvalue weighted by Gasteiger charge is 2.36. The highest BCUT2D eigenvalue weighted by Crippen LogP contribution is 2.34. The zero-order chi connectivity index (χ0) is 20.8. The Morgan fingerprint density at radius 3 is 2.69 bits per heavy atom. The minimum atomic E-state index is -2.08. The van der Waals surface area contributed by atoms with Crippen molar-refractivity contribution in [3.63, 3.8) is 0 Å². The molecule has 29 heavy (non-hydrogen) atoms. The van der Waals surface area contributed by atoms with E-state index in [1.54, 1.807) is 6.26 Å². The van der Waals surface area contributed by atoms with Crippen LogP contribution in [0.1, 0.15) is 34.8 Å². The normalized spacial score (nSPS) is 26.8. The van der Waals surface area contributed by atoms with E-state index in [1.807, 2.05) is 6.07 Å². The van der Waals surface area contributed by atoms with Gasteiger partial charge >= 0.3 is 0 Å². The van der Waals surface area contributed by atoms with Crippen molar-refractivity contribution in [3.05, 3.63) is 70.3 Å². The van der Waals surface area contributed by atoms with Crippen molar-refractivity contribution in [1.82, 2.24) is 4.90 Å². The number of fused-ring (bicyclic) bond motifs is 1. The first-order valence-corrected chi connectivity index (χ1v) is 12.0. The van der Waals surface area contributed by atoms with Crippen molar-refractivity contribution in [2.75, 3.05) is 12.9 Å². The van der Waals surface area contributed by atoms with E-state index in [0.717, 1.165) is 30.8 Å². The lowest BCUT2D eigenvalue weighted by atomic mass is 9.93. The second-order valence-corrected chi connectivity index (χ2v) is 11.0. The lowest BCUT2D eigenvalue weighted by Gasteiger charge is -2.38. The van der Waals surface area contributed by atoms with Crippen LogP contribution >= 0.6 is 0 Å². The molecule has 4 atom stereocenters. The van der Waals surface area contributed by atoms with Crippen molar-refractivity contribution in [3.8, 4) is 0 Å². The average Bonchev–Trinajstić information content (AvgIpc) is 3.06. The molecule has 0 aliphatic carbocycles. The molecule has 1 unspecified atom stereocenters. The molecule has 1 saturated heterocycles. The zero-order valence-electron chi connectivity index (χ0n) is 16.4. The van der Waals surface area contributed by atoms with Crippen molar-refractivity contribution in [1.29, 1.82) is 0 Å². The summed E-state index contributed by atoms with van der Waals surface area (Å²) < 4.78 is 45.6. The number of hydrogen-bond acceptors (Lipinski definition) is 4. The monoisotopic (exact) mass is 420 g/mol. The van der Waals surface area contributed by atoms with Gasteiger partial charge in [0, 0.05) is 42.7 Å². The van der Waals surface area contributed by atoms with Gasteiger partial charge in [0.2, 0.25) is 0 Å². The Kier molecular flexibility index (Phi) is 5.50. The fourth-order valence-corrected chi connectivity index (χ4v) is 5.21. The van der Waals surface area contributed by atoms with E-state index in [0.29, 0.717) is 18.8 Å². The molecule has 156 valence electrons. The molecule has 2 aliphatic heterocycles. The molecule has 0 radical (unpaired) electrons. The molecule has 2 aliphatic rings. The van der Waals surface area contributed by atoms with Crippen LogP contribution < -0.4 is 5.73 Å². The smallest absolute Gasteiger partial charge is 0.129 e. The number of hydrogen-bond donors (Lipinski definition) is 1. The third-order valence-electron chi connectivity index (χ3n) is 5.67. The SMILES string of the molecule is C=S(C)(=O)Cc1ccc2c(c1)CN([C@H]1CO[C@H](c3cc(F)ccc3F)[C@@H](N)C1)C2. The first kappa shape index (κ1) is 20.5. The van der Waals surface area contributed by atoms with E-state index < -0.39 is 33.3 Å². The molecule has 2 N–H and O–H groups in total. The molecule has 1 fully saturated rings. The Balaban J connectivity index is 1.44. The third-order valence-corrected chi connectivity index (χ3v) is 6.62. The number of benzene rings is 2. The fraction of sp³-hybridized carbons (Fsp3) is 0.409. The first-order chi connectivity index (χ1) is 13.7. The Bertz CT molecular complexity index is 1030. The Morgan fingerprint density at radius 1 is 1.21 bits per heavy atom. The zero-order valence-corrected chi connectivity index (χ0v) is 17.3. The van der Waals surface area contributed by atoms with Crippen LogP contribution in [0.25, 0.3) is 0 Å². The van der Waals surface area contributed by atoms with Crippen molar-refractivity contribution >= 4 is 15.4 Å². The molecule has 4 nitrogen and oxygen atoms in total. The predicted molar refractivity (Wildman–Crippen MR) is 112 cm³/mol. The van der Waals surface area contributed by atoms with Gasteiger partial charge < -0.3 is 10.5 Å². The molecule has 0 spiro atoms. The van der Waals surface area contributed by atoms with Gasteiger partial charge in [-0.05, 0) is 56.7 Å². The van der Waals surface area contributed by atoms with Crippen LogP contribution in [0, 0.1) is 11.6 Å². The minimum Gasteiger partial charge on any atom is -0.370 e. The maximum Gasteiger partial charge on any atom is 0.129 e. The van der Waals surface area contributed by atoms with Crippen LogP contribution in [0.15, 0.2) is 36.4 Å². The van der Waals surface area contributed by atoms with Gasteiger partial charge in [-0.1, -0.05) is 18.2 Å². The fourth-order valence-electron chi connectivity index (χ4n) is 4.33. The number of ether oxygens (including phenoxy) is 1. The summed E-state index contributed by atoms with van der Waals surface area (Å²) >= 11 is 0. The highest BCUT2D eigenvalue weighted by atomic mass is 32.2. The maximum atomic E-state index is 14.1. The molecule has 2 aromatic rings. The van der Waals surface area contributed by atoms with Crippen LogP contribution in [0.2, 0.25) is 0 Å². The van der Waals surface area contributed by atoms with Crippen LogP contribution in [-0.2, 0) is 33.1 Å². The summed E-state index contributed by atoms with van der Waals surface area (Å²) in [5, 5.41) is 0. The van der Waals surface area contributed by atoms with E-state index in [-0.39, 0.29) is 11.6 Å². The number of halogens is 2. The van der Waals surface area contributed by atoms with Crippen molar-refractivity contribution in [2.24, 2.45) is 5.73 Å². The molecule has 2 aromatic carbocycles. The summed E-state index contributed by atoms with van der Waals surface area (Å²) in [6.45, 7) is 1.98. The Hall–Kier alpha value is -1.80. The van der Waals surface area contributed by atoms with E-state index in [1.165, 1.54) is 17.2 Å². The molecule has 0 amide bonds. The largest absolute Gasteiger partial charge is 0.370 e. The summed E-state index contributed by atoms with van der Waals surface area (Å²) in [4.78, 5) is 2.31. The van der Waals surface area contributed by atoms with Gasteiger partial charge in [-0.25, -0.2) is 8.78 Å². The predicted octanol–water partition coefficient (Wildman–Crippen LogP) is 2.98. The van der Waals surface area contributed by atoms with Crippen LogP contribution in [-0.4, -0.2) is 39.9 Å². The van der Waals surface area contributed by atoms with E-state index >= 15 is 0 Å². The molecular formula is C22H26F2N2O2S. The van der Waals surface area contributed by atoms with Gasteiger partial charge in [0.25, 0.3) is 0 Å². The third kappa shape index (κ3) is 4.53. The van der Waals surface area contributed by atoms with Crippen molar-refractivity contribution in [2.45, 2.75) is 43.5 Å². The van der Waals surface area contributed by atoms with E-state index in [4.69, 9.17) is 10.5 Å². The van der Waals surface area contributed by atoms with E-state index in [9.17, 15) is 13.0 Å². The summed E-state index contributed by atoms with van der Waals surface area (Å²) in [6.07, 6.45) is 1.67. The number of nitrogens with zero attached hydrogens (tertiary/aromatic N) is 1. The maximum absolute atomic E-state index is 14.1. The standard InChI is InChI=1S/C22H26F2N2O2S/c1-29(2,27)13-14-3-4-15-10-26(11-16(15)7-14)18-9-21(25)22(28-12-18)19-8-17(23)5-6-20(19)24/h3-8,18,21-22H,1,9-13,25H2,2H3/t18-,21+,22-,29?/m1/s1. The van der Waals surface area contributed by atoms with Gasteiger partial charge in [0.05, 0.1) is 6.61 Å². The lowest BCUT2D eigenvalue weighted by molar-refractivity contribution is -0.0531. The molecule has 0 aromatic heterocycles. The quantitative estimate of drug-likeness (QED) is 0.773. The second-order valence-electron chi connectivity index (χ2n) is 8.31. The molecule has 2 heterocycles. The van der Waals surface area contributed by atoms with E-state index in [2.05, 4.69) is 22.9 Å². The lowest BCUT2D eigenvalue weighted by Crippen LogP contribution is -2.47. The number of nitrogens with two attached hydrogens (primary N) is 1. The number of rotatable bonds is 4. The minimum absolute atomic E-state index is 0.108. The molecule has 7 heteroatoms. The van der Waals surface area contributed by atoms with Gasteiger partial charge in [-0.3, -0.25) is 9.11 Å². The average molecular weight is 421 g/mol. The topological polar surface area (TPSA) is 55.6 Å². The van der Waals surface area contributed by atoms with Crippen LogP contribution in [0.3, 0.4) is 0 Å². The van der Waals surface area contributed by atoms with Crippen LogP contribution in [0.5, 0.6) is 0 Å². The molecular weight excluding hydrogens is 394 g/mol. The van der Waals surface area contributed by atoms with Gasteiger partial charge in [0.15, 0.2) is 0 Å². The summed E-state index contributed by atoms with van der Waals surface area (Å²) in [6, 6.07) is 9.28. The highest BCUT2D eigenvalue weighted by molar-refractivity contribution is 7.98.